The molecule has 3 rings (SSSR count). The van der Waals surface area contributed by atoms with E-state index < -0.39 is 0 Å². The number of hydrogen-bond donors (Lipinski definition) is 1. The summed E-state index contributed by atoms with van der Waals surface area (Å²) < 4.78 is 10.8. The molecule has 0 fully saturated rings. The highest BCUT2D eigenvalue weighted by atomic mass is 16.5. The van der Waals surface area contributed by atoms with Crippen molar-refractivity contribution in [3.8, 4) is 11.5 Å². The van der Waals surface area contributed by atoms with Crippen LogP contribution >= 0.6 is 0 Å². The van der Waals surface area contributed by atoms with Crippen LogP contribution in [0.15, 0.2) is 36.4 Å². The minimum absolute atomic E-state index is 0.356. The van der Waals surface area contributed by atoms with Crippen molar-refractivity contribution in [2.75, 3.05) is 20.8 Å². The summed E-state index contributed by atoms with van der Waals surface area (Å²) in [6.07, 6.45) is 0. The summed E-state index contributed by atoms with van der Waals surface area (Å²) in [6, 6.07) is 12.9. The molecule has 21 heavy (non-hydrogen) atoms. The van der Waals surface area contributed by atoms with Gasteiger partial charge in [0.25, 0.3) is 0 Å². The lowest BCUT2D eigenvalue weighted by Crippen LogP contribution is -2.28. The van der Waals surface area contributed by atoms with Crippen LogP contribution in [-0.2, 0) is 6.54 Å². The van der Waals surface area contributed by atoms with Gasteiger partial charge in [-0.15, -0.1) is 0 Å². The second-order valence-electron chi connectivity index (χ2n) is 5.50. The van der Waals surface area contributed by atoms with Crippen molar-refractivity contribution in [1.29, 1.82) is 0 Å². The zero-order valence-corrected chi connectivity index (χ0v) is 12.8. The third-order valence-corrected chi connectivity index (χ3v) is 4.15. The van der Waals surface area contributed by atoms with Crippen molar-refractivity contribution < 1.29 is 9.47 Å². The van der Waals surface area contributed by atoms with E-state index in [1.807, 2.05) is 6.07 Å². The average molecular weight is 283 g/mol. The Balaban J connectivity index is 2.02. The third kappa shape index (κ3) is 2.61. The van der Waals surface area contributed by atoms with E-state index in [1.165, 1.54) is 22.3 Å². The molecule has 1 aliphatic heterocycles. The number of aryl methyl sites for hydroxylation is 1. The van der Waals surface area contributed by atoms with Gasteiger partial charge in [0.15, 0.2) is 11.5 Å². The van der Waals surface area contributed by atoms with Crippen molar-refractivity contribution in [3.63, 3.8) is 0 Å². The van der Waals surface area contributed by atoms with Crippen LogP contribution in [-0.4, -0.2) is 20.8 Å². The van der Waals surface area contributed by atoms with Gasteiger partial charge in [-0.05, 0) is 35.7 Å². The molecule has 0 spiro atoms. The number of fused-ring (bicyclic) bond motifs is 1. The summed E-state index contributed by atoms with van der Waals surface area (Å²) >= 11 is 0. The molecule has 1 unspecified atom stereocenters. The number of ether oxygens (including phenoxy) is 2. The normalized spacial score (nSPS) is 17.2. The van der Waals surface area contributed by atoms with E-state index in [1.54, 1.807) is 14.2 Å². The molecule has 0 radical (unpaired) electrons. The minimum Gasteiger partial charge on any atom is -0.493 e. The van der Waals surface area contributed by atoms with Gasteiger partial charge in [0.2, 0.25) is 0 Å². The molecular formula is C18H21NO2. The Bertz CT molecular complexity index is 652. The number of benzene rings is 2. The predicted molar refractivity (Wildman–Crippen MR) is 84.3 cm³/mol. The molecule has 110 valence electrons. The van der Waals surface area contributed by atoms with E-state index in [0.717, 1.165) is 24.6 Å². The Labute approximate surface area is 125 Å². The Morgan fingerprint density at radius 3 is 2.57 bits per heavy atom. The van der Waals surface area contributed by atoms with Crippen LogP contribution in [0.4, 0.5) is 0 Å². The first-order valence-corrected chi connectivity index (χ1v) is 7.25. The van der Waals surface area contributed by atoms with Gasteiger partial charge in [0.1, 0.15) is 0 Å². The number of nitrogens with one attached hydrogen (secondary N) is 1. The number of methoxy groups -OCH3 is 2. The largest absolute Gasteiger partial charge is 0.493 e. The molecule has 0 aromatic heterocycles. The molecule has 0 saturated heterocycles. The van der Waals surface area contributed by atoms with Gasteiger partial charge in [0, 0.05) is 19.0 Å². The molecule has 0 bridgehead atoms. The fourth-order valence-corrected chi connectivity index (χ4v) is 3.06. The van der Waals surface area contributed by atoms with Crippen molar-refractivity contribution in [1.82, 2.24) is 5.32 Å². The van der Waals surface area contributed by atoms with Gasteiger partial charge in [-0.3, -0.25) is 0 Å². The van der Waals surface area contributed by atoms with Crippen molar-refractivity contribution in [2.24, 2.45) is 0 Å². The molecule has 1 heterocycles. The van der Waals surface area contributed by atoms with Crippen molar-refractivity contribution in [3.05, 3.63) is 58.7 Å². The predicted octanol–water partition coefficient (Wildman–Crippen LogP) is 3.25. The molecule has 3 heteroatoms. The van der Waals surface area contributed by atoms with E-state index in [2.05, 4.69) is 42.6 Å². The van der Waals surface area contributed by atoms with E-state index >= 15 is 0 Å². The van der Waals surface area contributed by atoms with Gasteiger partial charge in [-0.2, -0.15) is 0 Å². The van der Waals surface area contributed by atoms with Crippen LogP contribution in [0.25, 0.3) is 0 Å². The van der Waals surface area contributed by atoms with Crippen LogP contribution in [0.5, 0.6) is 11.5 Å². The molecule has 0 saturated carbocycles. The van der Waals surface area contributed by atoms with E-state index in [-0.39, 0.29) is 0 Å². The second kappa shape index (κ2) is 5.78. The lowest BCUT2D eigenvalue weighted by atomic mass is 9.85. The Kier molecular flexibility index (Phi) is 3.84. The van der Waals surface area contributed by atoms with Crippen LogP contribution in [0.1, 0.15) is 28.2 Å². The standard InChI is InChI=1S/C18H21NO2/c1-12-4-6-15-14(8-12)10-19-11-16(15)13-5-7-17(20-2)18(9-13)21-3/h4-9,16,19H,10-11H2,1-3H3. The van der Waals surface area contributed by atoms with Crippen molar-refractivity contribution >= 4 is 0 Å². The first-order chi connectivity index (χ1) is 10.2. The Morgan fingerprint density at radius 2 is 1.81 bits per heavy atom. The van der Waals surface area contributed by atoms with Crippen LogP contribution in [0.2, 0.25) is 0 Å². The fourth-order valence-electron chi connectivity index (χ4n) is 3.06. The lowest BCUT2D eigenvalue weighted by Gasteiger charge is -2.27. The lowest BCUT2D eigenvalue weighted by molar-refractivity contribution is 0.354. The molecule has 2 aromatic rings. The van der Waals surface area contributed by atoms with Crippen molar-refractivity contribution in [2.45, 2.75) is 19.4 Å². The highest BCUT2D eigenvalue weighted by Gasteiger charge is 2.22. The second-order valence-corrected chi connectivity index (χ2v) is 5.50. The summed E-state index contributed by atoms with van der Waals surface area (Å²) in [5.74, 6) is 1.91. The quantitative estimate of drug-likeness (QED) is 0.938. The van der Waals surface area contributed by atoms with Gasteiger partial charge in [-0.1, -0.05) is 29.8 Å². The maximum atomic E-state index is 5.43. The summed E-state index contributed by atoms with van der Waals surface area (Å²) in [6.45, 7) is 4.03. The van der Waals surface area contributed by atoms with Gasteiger partial charge in [-0.25, -0.2) is 0 Å². The molecule has 1 aliphatic rings. The van der Waals surface area contributed by atoms with Crippen LogP contribution in [0.3, 0.4) is 0 Å². The number of rotatable bonds is 3. The highest BCUT2D eigenvalue weighted by molar-refractivity contribution is 5.48. The molecule has 1 N–H and O–H groups in total. The molecular weight excluding hydrogens is 262 g/mol. The van der Waals surface area contributed by atoms with Crippen LogP contribution < -0.4 is 14.8 Å². The molecule has 2 aromatic carbocycles. The topological polar surface area (TPSA) is 30.5 Å². The van der Waals surface area contributed by atoms with Gasteiger partial charge in [0.05, 0.1) is 14.2 Å². The molecule has 3 nitrogen and oxygen atoms in total. The van der Waals surface area contributed by atoms with Crippen LogP contribution in [0, 0.1) is 6.92 Å². The third-order valence-electron chi connectivity index (χ3n) is 4.15. The zero-order valence-electron chi connectivity index (χ0n) is 12.8. The maximum absolute atomic E-state index is 5.43. The summed E-state index contributed by atoms with van der Waals surface area (Å²) in [5, 5.41) is 3.51. The molecule has 1 atom stereocenters. The first-order valence-electron chi connectivity index (χ1n) is 7.25. The maximum Gasteiger partial charge on any atom is 0.161 e. The number of hydrogen-bond acceptors (Lipinski definition) is 3. The van der Waals surface area contributed by atoms with E-state index in [0.29, 0.717) is 5.92 Å². The summed E-state index contributed by atoms with van der Waals surface area (Å²) in [7, 11) is 3.34. The summed E-state index contributed by atoms with van der Waals surface area (Å²) in [5.41, 5.74) is 5.36. The molecule has 0 aliphatic carbocycles. The average Bonchev–Trinajstić information content (AvgIpc) is 2.53. The highest BCUT2D eigenvalue weighted by Crippen LogP contribution is 2.35. The van der Waals surface area contributed by atoms with E-state index in [4.69, 9.17) is 9.47 Å². The monoisotopic (exact) mass is 283 g/mol. The fraction of sp³-hybridized carbons (Fsp3) is 0.333. The zero-order chi connectivity index (χ0) is 14.8. The molecule has 0 amide bonds. The summed E-state index contributed by atoms with van der Waals surface area (Å²) in [4.78, 5) is 0. The smallest absolute Gasteiger partial charge is 0.161 e. The van der Waals surface area contributed by atoms with Gasteiger partial charge < -0.3 is 14.8 Å². The Hall–Kier alpha value is -2.00. The van der Waals surface area contributed by atoms with E-state index in [9.17, 15) is 0 Å². The Morgan fingerprint density at radius 1 is 1.00 bits per heavy atom. The van der Waals surface area contributed by atoms with Gasteiger partial charge >= 0.3 is 0 Å². The minimum atomic E-state index is 0.356. The SMILES string of the molecule is COc1ccc(C2CNCc3cc(C)ccc32)cc1OC. The first kappa shape index (κ1) is 14.0.